The van der Waals surface area contributed by atoms with E-state index in [0.717, 1.165) is 29.4 Å². The van der Waals surface area contributed by atoms with E-state index in [4.69, 9.17) is 13.9 Å². The lowest BCUT2D eigenvalue weighted by atomic mass is 9.90. The third-order valence-electron chi connectivity index (χ3n) is 7.32. The molecule has 1 aromatic heterocycles. The molecular weight excluding hydrogens is 504 g/mol. The minimum Gasteiger partial charge on any atom is -0.466 e. The van der Waals surface area contributed by atoms with Crippen LogP contribution in [0, 0.1) is 57.7 Å². The standard InChI is InChI=1S/C33H28N2O5/c1-5-38-32(37)30-26-10-7-19-12-23-13-21(31(36)40-28(23)15-20(19)8-11-27(26)30)6-9-25-14-22(24(17-34)18-35)16-29(39-25)33(2,3)4/h6,9,12-16,26-27,30H,5,7,10H2,1-4H3/b9-6+. The number of benzene rings is 1. The smallest absolute Gasteiger partial charge is 0.343 e. The molecular formula is C33H28N2O5. The van der Waals surface area contributed by atoms with E-state index in [2.05, 4.69) is 11.8 Å². The molecule has 0 saturated heterocycles. The fourth-order valence-corrected chi connectivity index (χ4v) is 5.09. The highest BCUT2D eigenvalue weighted by Crippen LogP contribution is 2.50. The summed E-state index contributed by atoms with van der Waals surface area (Å²) in [5.74, 6) is 7.32. The highest BCUT2D eigenvalue weighted by Gasteiger charge is 2.54. The summed E-state index contributed by atoms with van der Waals surface area (Å²) in [6.07, 6.45) is 8.13. The minimum absolute atomic E-state index is 0.0140. The number of nitrogens with zero attached hydrogens (tertiary/aromatic N) is 2. The maximum atomic E-state index is 12.9. The first-order valence-electron chi connectivity index (χ1n) is 13.3. The maximum absolute atomic E-state index is 12.9. The molecule has 5 rings (SSSR count). The Hall–Kier alpha value is -4.80. The Morgan fingerprint density at radius 3 is 2.65 bits per heavy atom. The number of hydrogen-bond donors (Lipinski definition) is 0. The molecule has 0 N–H and O–H groups in total. The SMILES string of the molecule is CCOC(=O)C1C2C#Cc3cc4oc(=O)c(/C=C/C5=CC(=C(C#N)C#N)C=C(C(C)(C)C)O5)cc4cc3CCC21. The summed E-state index contributed by atoms with van der Waals surface area (Å²) in [5.41, 5.74) is 2.17. The molecule has 200 valence electrons. The number of allylic oxidation sites excluding steroid dienone is 6. The molecule has 2 heterocycles. The summed E-state index contributed by atoms with van der Waals surface area (Å²) in [6, 6.07) is 9.40. The number of carbonyl (C=O) groups is 1. The molecule has 3 unspecified atom stereocenters. The van der Waals surface area contributed by atoms with Gasteiger partial charge in [-0.25, -0.2) is 4.79 Å². The quantitative estimate of drug-likeness (QED) is 0.214. The molecule has 7 nitrogen and oxygen atoms in total. The second kappa shape index (κ2) is 10.4. The van der Waals surface area contributed by atoms with E-state index in [0.29, 0.717) is 34.8 Å². The van der Waals surface area contributed by atoms with Gasteiger partial charge >= 0.3 is 11.6 Å². The first kappa shape index (κ1) is 26.8. The first-order valence-corrected chi connectivity index (χ1v) is 13.3. The van der Waals surface area contributed by atoms with E-state index in [1.807, 2.05) is 39.0 Å². The molecule has 1 aliphatic heterocycles. The topological polar surface area (TPSA) is 113 Å². The van der Waals surface area contributed by atoms with Gasteiger partial charge in [0.05, 0.1) is 18.1 Å². The highest BCUT2D eigenvalue weighted by atomic mass is 16.5. The van der Waals surface area contributed by atoms with Crippen molar-refractivity contribution in [3.05, 3.63) is 86.2 Å². The molecule has 2 aliphatic carbocycles. The Balaban J connectivity index is 1.44. The van der Waals surface area contributed by atoms with Crippen LogP contribution in [0.3, 0.4) is 0 Å². The molecule has 1 fully saturated rings. The van der Waals surface area contributed by atoms with Gasteiger partial charge in [0.15, 0.2) is 0 Å². The summed E-state index contributed by atoms with van der Waals surface area (Å²) in [4.78, 5) is 25.1. The van der Waals surface area contributed by atoms with Crippen molar-refractivity contribution in [3.63, 3.8) is 0 Å². The second-order valence-corrected chi connectivity index (χ2v) is 11.1. The van der Waals surface area contributed by atoms with E-state index < -0.39 is 5.63 Å². The summed E-state index contributed by atoms with van der Waals surface area (Å²) in [7, 11) is 0. The fourth-order valence-electron chi connectivity index (χ4n) is 5.09. The lowest BCUT2D eigenvalue weighted by Gasteiger charge is -2.26. The van der Waals surface area contributed by atoms with E-state index in [-0.39, 0.29) is 34.7 Å². The molecule has 1 saturated carbocycles. The third kappa shape index (κ3) is 5.22. The van der Waals surface area contributed by atoms with Crippen LogP contribution < -0.4 is 5.63 Å². The first-order chi connectivity index (χ1) is 19.1. The van der Waals surface area contributed by atoms with Crippen molar-refractivity contribution in [2.24, 2.45) is 23.2 Å². The van der Waals surface area contributed by atoms with Gasteiger partial charge in [-0.05, 0) is 73.7 Å². The van der Waals surface area contributed by atoms with Gasteiger partial charge in [0.25, 0.3) is 0 Å². The van der Waals surface area contributed by atoms with Crippen LogP contribution in [0.5, 0.6) is 0 Å². The van der Waals surface area contributed by atoms with E-state index in [9.17, 15) is 20.1 Å². The number of fused-ring (bicyclic) bond motifs is 3. The van der Waals surface area contributed by atoms with Gasteiger partial charge in [-0.1, -0.05) is 32.6 Å². The van der Waals surface area contributed by atoms with Gasteiger partial charge in [-0.15, -0.1) is 0 Å². The predicted molar refractivity (Wildman–Crippen MR) is 149 cm³/mol. The normalized spacial score (nSPS) is 21.1. The van der Waals surface area contributed by atoms with Crippen LogP contribution in [0.1, 0.15) is 50.8 Å². The molecule has 0 spiro atoms. The van der Waals surface area contributed by atoms with Crippen molar-refractivity contribution >= 4 is 23.0 Å². The lowest BCUT2D eigenvalue weighted by molar-refractivity contribution is -0.145. The number of aryl methyl sites for hydroxylation is 1. The molecule has 2 aromatic rings. The number of ether oxygens (including phenoxy) is 2. The average Bonchev–Trinajstić information content (AvgIpc) is 3.60. The zero-order valence-corrected chi connectivity index (χ0v) is 22.8. The van der Waals surface area contributed by atoms with Crippen LogP contribution in [-0.4, -0.2) is 12.6 Å². The van der Waals surface area contributed by atoms with Crippen molar-refractivity contribution < 1.29 is 18.7 Å². The van der Waals surface area contributed by atoms with Crippen LogP contribution in [-0.2, 0) is 20.7 Å². The van der Waals surface area contributed by atoms with Crippen LogP contribution in [0.2, 0.25) is 0 Å². The van der Waals surface area contributed by atoms with Crippen molar-refractivity contribution in [2.75, 3.05) is 6.61 Å². The minimum atomic E-state index is -0.513. The average molecular weight is 533 g/mol. The Morgan fingerprint density at radius 2 is 1.95 bits per heavy atom. The van der Waals surface area contributed by atoms with Crippen LogP contribution >= 0.6 is 0 Å². The molecule has 7 heteroatoms. The van der Waals surface area contributed by atoms with E-state index >= 15 is 0 Å². The monoisotopic (exact) mass is 532 g/mol. The fraction of sp³-hybridized carbons (Fsp3) is 0.333. The van der Waals surface area contributed by atoms with Crippen LogP contribution in [0.25, 0.3) is 17.0 Å². The van der Waals surface area contributed by atoms with Crippen molar-refractivity contribution in [1.82, 2.24) is 0 Å². The Bertz CT molecular complexity index is 1740. The Kier molecular flexibility index (Phi) is 6.97. The molecule has 3 aliphatic rings. The highest BCUT2D eigenvalue weighted by molar-refractivity contribution is 5.82. The number of rotatable bonds is 4. The summed E-state index contributed by atoms with van der Waals surface area (Å²) in [5, 5.41) is 19.5. The lowest BCUT2D eigenvalue weighted by Crippen LogP contribution is -2.15. The zero-order valence-electron chi connectivity index (χ0n) is 22.8. The summed E-state index contributed by atoms with van der Waals surface area (Å²) < 4.78 is 16.9. The van der Waals surface area contributed by atoms with Gasteiger partial charge in [0.2, 0.25) is 0 Å². The van der Waals surface area contributed by atoms with Crippen molar-refractivity contribution in [3.8, 4) is 24.0 Å². The number of hydrogen-bond acceptors (Lipinski definition) is 7. The Labute approximate surface area is 232 Å². The second-order valence-electron chi connectivity index (χ2n) is 11.1. The molecule has 1 aromatic carbocycles. The zero-order chi connectivity index (χ0) is 28.6. The number of esters is 1. The predicted octanol–water partition coefficient (Wildman–Crippen LogP) is 5.72. The van der Waals surface area contributed by atoms with Crippen LogP contribution in [0.15, 0.2) is 68.3 Å². The van der Waals surface area contributed by atoms with Crippen LogP contribution in [0.4, 0.5) is 0 Å². The number of carbonyl (C=O) groups excluding carboxylic acids is 1. The molecule has 0 amide bonds. The molecule has 3 atom stereocenters. The van der Waals surface area contributed by atoms with Gasteiger partial charge < -0.3 is 13.9 Å². The van der Waals surface area contributed by atoms with E-state index in [1.54, 1.807) is 43.4 Å². The largest absolute Gasteiger partial charge is 0.466 e. The summed E-state index contributed by atoms with van der Waals surface area (Å²) in [6.45, 7) is 8.07. The van der Waals surface area contributed by atoms with Gasteiger partial charge in [-0.2, -0.15) is 10.5 Å². The van der Waals surface area contributed by atoms with Gasteiger partial charge in [0, 0.05) is 27.9 Å². The maximum Gasteiger partial charge on any atom is 0.343 e. The van der Waals surface area contributed by atoms with Crippen molar-refractivity contribution in [1.29, 1.82) is 10.5 Å². The summed E-state index contributed by atoms with van der Waals surface area (Å²) >= 11 is 0. The third-order valence-corrected chi connectivity index (χ3v) is 7.32. The molecule has 40 heavy (non-hydrogen) atoms. The van der Waals surface area contributed by atoms with Crippen molar-refractivity contribution in [2.45, 2.75) is 40.5 Å². The van der Waals surface area contributed by atoms with Gasteiger partial charge in [-0.3, -0.25) is 4.79 Å². The van der Waals surface area contributed by atoms with E-state index in [1.165, 1.54) is 0 Å². The number of nitriles is 2. The molecule has 0 radical (unpaired) electrons. The van der Waals surface area contributed by atoms with Gasteiger partial charge in [0.1, 0.15) is 34.8 Å². The Morgan fingerprint density at radius 1 is 1.18 bits per heavy atom. The molecule has 0 bridgehead atoms.